The van der Waals surface area contributed by atoms with E-state index in [0.29, 0.717) is 14.3 Å². The summed E-state index contributed by atoms with van der Waals surface area (Å²) in [6, 6.07) is 7.07. The van der Waals surface area contributed by atoms with Crippen molar-refractivity contribution in [2.45, 2.75) is 6.92 Å². The van der Waals surface area contributed by atoms with E-state index >= 15 is 0 Å². The number of urea groups is 1. The first-order valence-corrected chi connectivity index (χ1v) is 9.79. The minimum Gasteiger partial charge on any atom is -0.506 e. The minimum absolute atomic E-state index is 0.115. The first-order chi connectivity index (χ1) is 12.7. The average Bonchev–Trinajstić information content (AvgIpc) is 2.58. The van der Waals surface area contributed by atoms with Gasteiger partial charge in [0.1, 0.15) is 11.3 Å². The molecule has 27 heavy (non-hydrogen) atoms. The Morgan fingerprint density at radius 1 is 1.22 bits per heavy atom. The molecule has 2 aromatic rings. The van der Waals surface area contributed by atoms with Gasteiger partial charge in [-0.1, -0.05) is 27.5 Å². The topological polar surface area (TPSA) is 86.7 Å². The van der Waals surface area contributed by atoms with Crippen LogP contribution in [0, 0.1) is 10.5 Å². The van der Waals surface area contributed by atoms with E-state index in [0.717, 1.165) is 14.9 Å². The number of aromatic hydroxyl groups is 1. The first-order valence-electron chi connectivity index (χ1n) is 7.54. The van der Waals surface area contributed by atoms with E-state index in [2.05, 4.69) is 21.2 Å². The molecule has 3 rings (SSSR count). The Morgan fingerprint density at radius 2 is 1.93 bits per heavy atom. The molecule has 138 valence electrons. The summed E-state index contributed by atoms with van der Waals surface area (Å²) in [4.78, 5) is 38.2. The van der Waals surface area contributed by atoms with Crippen molar-refractivity contribution in [2.75, 3.05) is 4.90 Å². The molecule has 9 heteroatoms. The lowest BCUT2D eigenvalue weighted by atomic mass is 10.1. The summed E-state index contributed by atoms with van der Waals surface area (Å²) in [5.74, 6) is -1.75. The molecule has 1 fully saturated rings. The van der Waals surface area contributed by atoms with Crippen LogP contribution in [0.2, 0.25) is 5.02 Å². The number of imide groups is 2. The third-order valence-electron chi connectivity index (χ3n) is 3.86. The molecular formula is C18H11BrClIN2O4. The Balaban J connectivity index is 2.09. The number of hydrogen-bond acceptors (Lipinski definition) is 4. The maximum absolute atomic E-state index is 12.9. The molecule has 1 aliphatic heterocycles. The van der Waals surface area contributed by atoms with Gasteiger partial charge in [0.2, 0.25) is 0 Å². The zero-order valence-electron chi connectivity index (χ0n) is 13.7. The third kappa shape index (κ3) is 3.87. The van der Waals surface area contributed by atoms with E-state index in [-0.39, 0.29) is 16.9 Å². The van der Waals surface area contributed by atoms with Gasteiger partial charge in [0.05, 0.1) is 9.26 Å². The predicted octanol–water partition coefficient (Wildman–Crippen LogP) is 4.39. The van der Waals surface area contributed by atoms with E-state index < -0.39 is 17.8 Å². The van der Waals surface area contributed by atoms with Gasteiger partial charge in [0, 0.05) is 15.1 Å². The SMILES string of the molecule is Cc1cc(N2C(=O)NC(=O)/C(=C\c3cc(Cl)cc(I)c3O)C2=O)ccc1Br. The van der Waals surface area contributed by atoms with Crippen molar-refractivity contribution in [3.05, 3.63) is 60.1 Å². The van der Waals surface area contributed by atoms with E-state index in [9.17, 15) is 19.5 Å². The van der Waals surface area contributed by atoms with Crippen LogP contribution in [0.3, 0.4) is 0 Å². The van der Waals surface area contributed by atoms with Crippen molar-refractivity contribution in [1.29, 1.82) is 0 Å². The number of nitrogens with zero attached hydrogens (tertiary/aromatic N) is 1. The van der Waals surface area contributed by atoms with Crippen LogP contribution in [0.25, 0.3) is 6.08 Å². The average molecular weight is 562 g/mol. The van der Waals surface area contributed by atoms with Crippen LogP contribution >= 0.6 is 50.1 Å². The van der Waals surface area contributed by atoms with Crippen LogP contribution in [-0.4, -0.2) is 23.0 Å². The van der Waals surface area contributed by atoms with Crippen LogP contribution in [-0.2, 0) is 9.59 Å². The fourth-order valence-corrected chi connectivity index (χ4v) is 3.82. The number of halogens is 3. The number of barbiturate groups is 1. The lowest BCUT2D eigenvalue weighted by Crippen LogP contribution is -2.54. The maximum atomic E-state index is 12.9. The van der Waals surface area contributed by atoms with Crippen LogP contribution in [0.15, 0.2) is 40.4 Å². The highest BCUT2D eigenvalue weighted by atomic mass is 127. The number of phenols is 1. The standard InChI is InChI=1S/C18H11BrClIN2O4/c1-8-4-11(2-3-13(8)19)23-17(26)12(16(25)22-18(23)27)6-9-5-10(20)7-14(21)15(9)24/h2-7,24H,1H3,(H,22,25,27)/b12-6+. The van der Waals surface area contributed by atoms with Gasteiger partial charge in [-0.2, -0.15) is 0 Å². The summed E-state index contributed by atoms with van der Waals surface area (Å²) in [7, 11) is 0. The number of amides is 4. The zero-order chi connectivity index (χ0) is 19.9. The van der Waals surface area contributed by atoms with Crippen molar-refractivity contribution in [3.63, 3.8) is 0 Å². The number of rotatable bonds is 2. The van der Waals surface area contributed by atoms with Gasteiger partial charge < -0.3 is 5.11 Å². The van der Waals surface area contributed by atoms with Crippen molar-refractivity contribution in [1.82, 2.24) is 5.32 Å². The molecular weight excluding hydrogens is 550 g/mol. The number of anilines is 1. The highest BCUT2D eigenvalue weighted by Gasteiger charge is 2.37. The number of nitrogens with one attached hydrogen (secondary N) is 1. The van der Waals surface area contributed by atoms with Crippen molar-refractivity contribution in [2.24, 2.45) is 0 Å². The number of hydrogen-bond donors (Lipinski definition) is 2. The van der Waals surface area contributed by atoms with Crippen LogP contribution < -0.4 is 10.2 Å². The van der Waals surface area contributed by atoms with Crippen molar-refractivity contribution < 1.29 is 19.5 Å². The van der Waals surface area contributed by atoms with Crippen molar-refractivity contribution >= 4 is 79.7 Å². The van der Waals surface area contributed by atoms with Gasteiger partial charge in [-0.15, -0.1) is 0 Å². The number of benzene rings is 2. The van der Waals surface area contributed by atoms with Gasteiger partial charge in [0.15, 0.2) is 0 Å². The predicted molar refractivity (Wildman–Crippen MR) is 114 cm³/mol. The highest BCUT2D eigenvalue weighted by Crippen LogP contribution is 2.31. The van der Waals surface area contributed by atoms with Crippen LogP contribution in [0.5, 0.6) is 5.75 Å². The van der Waals surface area contributed by atoms with Crippen molar-refractivity contribution in [3.8, 4) is 5.75 Å². The molecule has 2 aromatic carbocycles. The first kappa shape index (κ1) is 19.8. The number of carbonyl (C=O) groups is 3. The normalized spacial score (nSPS) is 16.1. The van der Waals surface area contributed by atoms with E-state index in [1.807, 2.05) is 29.5 Å². The molecule has 6 nitrogen and oxygen atoms in total. The van der Waals surface area contributed by atoms with E-state index in [4.69, 9.17) is 11.6 Å². The second-order valence-corrected chi connectivity index (χ2v) is 8.17. The van der Waals surface area contributed by atoms with Gasteiger partial charge in [-0.25, -0.2) is 9.69 Å². The molecule has 2 N–H and O–H groups in total. The fourth-order valence-electron chi connectivity index (χ4n) is 2.51. The molecule has 0 aromatic heterocycles. The molecule has 0 unspecified atom stereocenters. The van der Waals surface area contributed by atoms with E-state index in [1.54, 1.807) is 24.3 Å². The summed E-state index contributed by atoms with van der Waals surface area (Å²) in [5, 5.41) is 12.7. The maximum Gasteiger partial charge on any atom is 0.335 e. The molecule has 0 aliphatic carbocycles. The summed E-state index contributed by atoms with van der Waals surface area (Å²) >= 11 is 11.2. The lowest BCUT2D eigenvalue weighted by molar-refractivity contribution is -0.122. The second-order valence-electron chi connectivity index (χ2n) is 5.72. The molecule has 0 saturated carbocycles. The minimum atomic E-state index is -0.843. The number of carbonyl (C=O) groups excluding carboxylic acids is 3. The highest BCUT2D eigenvalue weighted by molar-refractivity contribution is 14.1. The molecule has 1 saturated heterocycles. The Labute approximate surface area is 181 Å². The Morgan fingerprint density at radius 3 is 2.59 bits per heavy atom. The lowest BCUT2D eigenvalue weighted by Gasteiger charge is -2.26. The quantitative estimate of drug-likeness (QED) is 0.324. The zero-order valence-corrected chi connectivity index (χ0v) is 18.2. The molecule has 0 radical (unpaired) electrons. The molecule has 0 bridgehead atoms. The van der Waals surface area contributed by atoms with Gasteiger partial charge in [-0.05, 0) is 71.5 Å². The summed E-state index contributed by atoms with van der Waals surface area (Å²) in [6.07, 6.45) is 1.21. The third-order valence-corrected chi connectivity index (χ3v) is 5.79. The Kier molecular flexibility index (Phi) is 5.59. The monoisotopic (exact) mass is 560 g/mol. The molecule has 0 spiro atoms. The second kappa shape index (κ2) is 7.61. The summed E-state index contributed by atoms with van der Waals surface area (Å²) in [5.41, 5.74) is 1.05. The molecule has 0 atom stereocenters. The summed E-state index contributed by atoms with van der Waals surface area (Å²) in [6.45, 7) is 1.81. The van der Waals surface area contributed by atoms with Gasteiger partial charge in [-0.3, -0.25) is 14.9 Å². The summed E-state index contributed by atoms with van der Waals surface area (Å²) < 4.78 is 1.29. The largest absolute Gasteiger partial charge is 0.506 e. The van der Waals surface area contributed by atoms with Gasteiger partial charge in [0.25, 0.3) is 11.8 Å². The van der Waals surface area contributed by atoms with Gasteiger partial charge >= 0.3 is 6.03 Å². The smallest absolute Gasteiger partial charge is 0.335 e. The van der Waals surface area contributed by atoms with E-state index in [1.165, 1.54) is 12.1 Å². The Hall–Kier alpha value is -1.91. The van der Waals surface area contributed by atoms with Crippen LogP contribution in [0.4, 0.5) is 10.5 Å². The Bertz CT molecular complexity index is 1040. The number of aryl methyl sites for hydroxylation is 1. The molecule has 1 aliphatic rings. The van der Waals surface area contributed by atoms with Crippen LogP contribution in [0.1, 0.15) is 11.1 Å². The molecule has 1 heterocycles. The molecule has 4 amide bonds. The fraction of sp³-hybridized carbons (Fsp3) is 0.0556. The number of phenolic OH excluding ortho intramolecular Hbond substituents is 1.